The molecule has 0 amide bonds. The van der Waals surface area contributed by atoms with E-state index in [9.17, 15) is 8.78 Å². The quantitative estimate of drug-likeness (QED) is 0.737. The van der Waals surface area contributed by atoms with E-state index in [4.69, 9.17) is 10.8 Å². The molecule has 1 aromatic heterocycles. The van der Waals surface area contributed by atoms with Crippen LogP contribution in [0.15, 0.2) is 6.20 Å². The highest BCUT2D eigenvalue weighted by Crippen LogP contribution is 2.27. The normalized spacial score (nSPS) is 10.8. The first kappa shape index (κ1) is 9.85. The van der Waals surface area contributed by atoms with Crippen molar-refractivity contribution < 1.29 is 13.9 Å². The third-order valence-electron chi connectivity index (χ3n) is 1.84. The van der Waals surface area contributed by atoms with Crippen LogP contribution in [-0.2, 0) is 6.61 Å². The molecule has 0 fully saturated rings. The summed E-state index contributed by atoms with van der Waals surface area (Å²) < 4.78 is 24.5. The lowest BCUT2D eigenvalue weighted by atomic mass is 10.1. The summed E-state index contributed by atoms with van der Waals surface area (Å²) >= 11 is 0. The average Bonchev–Trinajstić information content (AvgIpc) is 2.04. The Balaban J connectivity index is 3.27. The van der Waals surface area contributed by atoms with Crippen molar-refractivity contribution in [3.05, 3.63) is 23.0 Å². The summed E-state index contributed by atoms with van der Waals surface area (Å²) in [6.07, 6.45) is -1.42. The Labute approximate surface area is 74.2 Å². The number of halogens is 2. The number of hydrogen-bond acceptors (Lipinski definition) is 3. The van der Waals surface area contributed by atoms with Crippen molar-refractivity contribution in [3.63, 3.8) is 0 Å². The van der Waals surface area contributed by atoms with Gasteiger partial charge in [0.05, 0.1) is 12.3 Å². The van der Waals surface area contributed by atoms with Crippen molar-refractivity contribution in [2.24, 2.45) is 0 Å². The number of nitrogens with two attached hydrogens (primary N) is 1. The molecule has 1 aromatic rings. The molecule has 0 saturated carbocycles. The number of hydrogen-bond donors (Lipinski definition) is 2. The fourth-order valence-electron chi connectivity index (χ4n) is 1.06. The van der Waals surface area contributed by atoms with Crippen LogP contribution in [0.25, 0.3) is 0 Å². The van der Waals surface area contributed by atoms with Crippen LogP contribution in [0.5, 0.6) is 0 Å². The molecule has 5 heteroatoms. The van der Waals surface area contributed by atoms with Gasteiger partial charge in [0.1, 0.15) is 5.69 Å². The van der Waals surface area contributed by atoms with Gasteiger partial charge in [-0.25, -0.2) is 8.78 Å². The highest BCUT2D eigenvalue weighted by molar-refractivity contribution is 5.53. The molecule has 0 aliphatic rings. The predicted molar refractivity (Wildman–Crippen MR) is 44.3 cm³/mol. The van der Waals surface area contributed by atoms with Crippen LogP contribution < -0.4 is 5.73 Å². The molecule has 0 aromatic carbocycles. The third kappa shape index (κ3) is 1.75. The Morgan fingerprint density at radius 2 is 2.23 bits per heavy atom. The fraction of sp³-hybridized carbons (Fsp3) is 0.375. The molecule has 0 saturated heterocycles. The van der Waals surface area contributed by atoms with Crippen LogP contribution in [-0.4, -0.2) is 10.1 Å². The maximum atomic E-state index is 12.3. The number of aryl methyl sites for hydroxylation is 1. The van der Waals surface area contributed by atoms with Crippen molar-refractivity contribution in [2.75, 3.05) is 5.73 Å². The smallest absolute Gasteiger partial charge is 0.282 e. The Morgan fingerprint density at radius 3 is 2.69 bits per heavy atom. The van der Waals surface area contributed by atoms with Crippen LogP contribution >= 0.6 is 0 Å². The van der Waals surface area contributed by atoms with Gasteiger partial charge in [-0.15, -0.1) is 0 Å². The lowest BCUT2D eigenvalue weighted by Crippen LogP contribution is -2.05. The molecule has 13 heavy (non-hydrogen) atoms. The number of alkyl halides is 2. The molecule has 0 bridgehead atoms. The SMILES string of the molecule is Cc1cnc(C(F)F)c(N)c1CO. The maximum absolute atomic E-state index is 12.3. The predicted octanol–water partition coefficient (Wildman–Crippen LogP) is 1.40. The van der Waals surface area contributed by atoms with Gasteiger partial charge in [0, 0.05) is 11.8 Å². The molecule has 3 nitrogen and oxygen atoms in total. The van der Waals surface area contributed by atoms with E-state index in [0.717, 1.165) is 0 Å². The minimum Gasteiger partial charge on any atom is -0.397 e. The number of aliphatic hydroxyl groups excluding tert-OH is 1. The van der Waals surface area contributed by atoms with Crippen molar-refractivity contribution in [1.82, 2.24) is 4.98 Å². The summed E-state index contributed by atoms with van der Waals surface area (Å²) in [5.41, 5.74) is 5.76. The molecule has 0 radical (unpaired) electrons. The molecule has 0 unspecified atom stereocenters. The molecule has 0 aliphatic carbocycles. The molecular weight excluding hydrogens is 178 g/mol. The lowest BCUT2D eigenvalue weighted by molar-refractivity contribution is 0.146. The van der Waals surface area contributed by atoms with Crippen LogP contribution in [0, 0.1) is 6.92 Å². The minimum absolute atomic E-state index is 0.113. The van der Waals surface area contributed by atoms with E-state index in [1.165, 1.54) is 6.20 Å². The molecule has 0 spiro atoms. The van der Waals surface area contributed by atoms with Crippen LogP contribution in [0.2, 0.25) is 0 Å². The number of rotatable bonds is 2. The van der Waals surface area contributed by atoms with Crippen molar-refractivity contribution in [2.45, 2.75) is 20.0 Å². The van der Waals surface area contributed by atoms with Crippen molar-refractivity contribution >= 4 is 5.69 Å². The average molecular weight is 188 g/mol. The lowest BCUT2D eigenvalue weighted by Gasteiger charge is -2.09. The van der Waals surface area contributed by atoms with E-state index in [1.807, 2.05) is 0 Å². The second-order valence-corrected chi connectivity index (χ2v) is 2.68. The molecule has 72 valence electrons. The number of pyridine rings is 1. The van der Waals surface area contributed by atoms with Crippen LogP contribution in [0.3, 0.4) is 0 Å². The monoisotopic (exact) mass is 188 g/mol. The van der Waals surface area contributed by atoms with E-state index >= 15 is 0 Å². The van der Waals surface area contributed by atoms with Crippen molar-refractivity contribution in [1.29, 1.82) is 0 Å². The topological polar surface area (TPSA) is 59.1 Å². The third-order valence-corrected chi connectivity index (χ3v) is 1.84. The second kappa shape index (κ2) is 3.66. The second-order valence-electron chi connectivity index (χ2n) is 2.68. The number of aromatic nitrogens is 1. The summed E-state index contributed by atoms with van der Waals surface area (Å²) in [6, 6.07) is 0. The summed E-state index contributed by atoms with van der Waals surface area (Å²) in [5, 5.41) is 8.85. The van der Waals surface area contributed by atoms with E-state index in [1.54, 1.807) is 6.92 Å². The van der Waals surface area contributed by atoms with Gasteiger partial charge in [0.2, 0.25) is 0 Å². The summed E-state index contributed by atoms with van der Waals surface area (Å²) in [6.45, 7) is 1.31. The summed E-state index contributed by atoms with van der Waals surface area (Å²) in [7, 11) is 0. The Kier molecular flexibility index (Phi) is 2.77. The Hall–Kier alpha value is -1.23. The molecule has 0 aliphatic heterocycles. The molecule has 1 heterocycles. The maximum Gasteiger partial charge on any atom is 0.282 e. The fourth-order valence-corrected chi connectivity index (χ4v) is 1.06. The highest BCUT2D eigenvalue weighted by atomic mass is 19.3. The van der Waals surface area contributed by atoms with E-state index < -0.39 is 12.1 Å². The number of nitrogens with zero attached hydrogens (tertiary/aromatic N) is 1. The van der Waals surface area contributed by atoms with Gasteiger partial charge < -0.3 is 10.8 Å². The van der Waals surface area contributed by atoms with Crippen molar-refractivity contribution in [3.8, 4) is 0 Å². The molecule has 1 rings (SSSR count). The summed E-state index contributed by atoms with van der Waals surface area (Å²) in [5.74, 6) is 0. The molecular formula is C8H10F2N2O. The number of nitrogen functional groups attached to an aromatic ring is 1. The first-order chi connectivity index (χ1) is 6.07. The summed E-state index contributed by atoms with van der Waals surface area (Å²) in [4.78, 5) is 3.50. The first-order valence-corrected chi connectivity index (χ1v) is 3.70. The van der Waals surface area contributed by atoms with E-state index in [2.05, 4.69) is 4.98 Å². The number of aliphatic hydroxyl groups is 1. The zero-order valence-corrected chi connectivity index (χ0v) is 7.09. The number of anilines is 1. The first-order valence-electron chi connectivity index (χ1n) is 3.70. The zero-order valence-electron chi connectivity index (χ0n) is 7.09. The highest BCUT2D eigenvalue weighted by Gasteiger charge is 2.16. The molecule has 3 N–H and O–H groups in total. The van der Waals surface area contributed by atoms with Gasteiger partial charge in [-0.3, -0.25) is 4.98 Å². The standard InChI is InChI=1S/C8H10F2N2O/c1-4-2-12-7(8(9)10)6(11)5(4)3-13/h2,8,13H,3,11H2,1H3. The molecule has 0 atom stereocenters. The van der Waals surface area contributed by atoms with Gasteiger partial charge in [0.25, 0.3) is 6.43 Å². The Morgan fingerprint density at radius 1 is 1.62 bits per heavy atom. The van der Waals surface area contributed by atoms with Gasteiger partial charge in [-0.1, -0.05) is 0 Å². The van der Waals surface area contributed by atoms with Crippen LogP contribution in [0.1, 0.15) is 23.2 Å². The van der Waals surface area contributed by atoms with Crippen LogP contribution in [0.4, 0.5) is 14.5 Å². The minimum atomic E-state index is -2.70. The van der Waals surface area contributed by atoms with Gasteiger partial charge >= 0.3 is 0 Å². The largest absolute Gasteiger partial charge is 0.397 e. The van der Waals surface area contributed by atoms with E-state index in [0.29, 0.717) is 11.1 Å². The van der Waals surface area contributed by atoms with Gasteiger partial charge in [0.15, 0.2) is 0 Å². The van der Waals surface area contributed by atoms with Gasteiger partial charge in [-0.05, 0) is 12.5 Å². The van der Waals surface area contributed by atoms with E-state index in [-0.39, 0.29) is 12.3 Å². The zero-order chi connectivity index (χ0) is 10.0. The van der Waals surface area contributed by atoms with Gasteiger partial charge in [-0.2, -0.15) is 0 Å². The Bertz CT molecular complexity index is 315.